The first kappa shape index (κ1) is 40.7. The van der Waals surface area contributed by atoms with Crippen LogP contribution in [0.25, 0.3) is 45.1 Å². The van der Waals surface area contributed by atoms with Gasteiger partial charge in [-0.25, -0.2) is 4.98 Å². The summed E-state index contributed by atoms with van der Waals surface area (Å²) in [7, 11) is 0. The van der Waals surface area contributed by atoms with Crippen LogP contribution in [0.2, 0.25) is 0 Å². The molecule has 6 aromatic carbocycles. The largest absolute Gasteiger partial charge is 0.509 e. The van der Waals surface area contributed by atoms with Crippen LogP contribution in [0.5, 0.6) is 11.5 Å². The Hall–Kier alpha value is -6.36. The van der Waals surface area contributed by atoms with Crippen molar-refractivity contribution in [1.82, 2.24) is 9.55 Å². The van der Waals surface area contributed by atoms with Crippen LogP contribution in [-0.4, -0.2) is 15.1 Å². The molecule has 0 spiro atoms. The third-order valence-corrected chi connectivity index (χ3v) is 12.4. The van der Waals surface area contributed by atoms with E-state index in [1.165, 1.54) is 22.2 Å². The molecule has 0 saturated heterocycles. The SMILES string of the molecule is CC(C)(C)c1ccnc(-n2c3c4c5c(cc(Oc6[c-]c(N7[CH-]N(c8c(-c9ccccc9)cccc8-c8ccccc8)c8ccccc87)ccc6)[c-]c52)N(C(C)(C)C)C4CC=C3)c1.[Pt]. The van der Waals surface area contributed by atoms with Crippen LogP contribution in [0.1, 0.15) is 70.8 Å². The van der Waals surface area contributed by atoms with Crippen molar-refractivity contribution in [1.29, 1.82) is 0 Å². The standard InChI is InChI=1S/C56H48N5O.Pt/c1-55(2,3)39-30-31-57-51(32-39)60-47-28-17-29-48-52(47)53-49(60)34-42(35-50(53)61(48)56(4,5)6)62-41-23-15-22-40(33-41)58-36-59(46-27-14-13-26-45(46)58)54-43(37-18-9-7-10-19-37)24-16-25-44(54)38-20-11-8-12-21-38;/h7-28,30-32,35-36,48H,29H2,1-6H3;/q-3;. The molecule has 0 amide bonds. The predicted octanol–water partition coefficient (Wildman–Crippen LogP) is 14.5. The maximum absolute atomic E-state index is 6.89. The third-order valence-electron chi connectivity index (χ3n) is 12.4. The fourth-order valence-electron chi connectivity index (χ4n) is 9.73. The van der Waals surface area contributed by atoms with E-state index in [4.69, 9.17) is 9.72 Å². The fraction of sp³-hybridized carbons (Fsp3) is 0.179. The normalized spacial score (nSPS) is 15.2. The molecule has 11 rings (SSSR count). The van der Waals surface area contributed by atoms with E-state index < -0.39 is 0 Å². The molecule has 7 heteroatoms. The number of hydrogen-bond donors (Lipinski definition) is 0. The monoisotopic (exact) mass is 1000 g/mol. The molecule has 1 unspecified atom stereocenters. The molecular weight excluding hydrogens is 954 g/mol. The summed E-state index contributed by atoms with van der Waals surface area (Å²) in [5, 5.41) is 1.23. The average Bonchev–Trinajstić information content (AvgIpc) is 3.95. The van der Waals surface area contributed by atoms with Gasteiger partial charge in [-0.15, -0.1) is 42.7 Å². The van der Waals surface area contributed by atoms with E-state index in [1.54, 1.807) is 0 Å². The van der Waals surface area contributed by atoms with E-state index in [9.17, 15) is 0 Å². The Morgan fingerprint density at radius 2 is 1.32 bits per heavy atom. The molecule has 316 valence electrons. The molecular formula is C56H48N5OPt-3. The van der Waals surface area contributed by atoms with Gasteiger partial charge >= 0.3 is 0 Å². The molecule has 1 atom stereocenters. The van der Waals surface area contributed by atoms with Gasteiger partial charge in [0.25, 0.3) is 0 Å². The van der Waals surface area contributed by atoms with Gasteiger partial charge in [-0.2, -0.15) is 6.07 Å². The van der Waals surface area contributed by atoms with Gasteiger partial charge in [-0.05, 0) is 85.2 Å². The summed E-state index contributed by atoms with van der Waals surface area (Å²) in [5.41, 5.74) is 14.5. The third kappa shape index (κ3) is 6.87. The molecule has 4 heterocycles. The summed E-state index contributed by atoms with van der Waals surface area (Å²) in [6.07, 6.45) is 7.46. The molecule has 3 aliphatic rings. The first-order chi connectivity index (χ1) is 30.0. The Kier molecular flexibility index (Phi) is 9.99. The molecule has 8 aromatic rings. The number of fused-ring (bicyclic) bond motifs is 1. The fourth-order valence-corrected chi connectivity index (χ4v) is 9.73. The summed E-state index contributed by atoms with van der Waals surface area (Å²) in [4.78, 5) is 12.1. The van der Waals surface area contributed by atoms with E-state index in [2.05, 4.69) is 219 Å². The predicted molar refractivity (Wildman–Crippen MR) is 255 cm³/mol. The molecule has 0 radical (unpaired) electrons. The minimum Gasteiger partial charge on any atom is -0.509 e. The molecule has 6 nitrogen and oxygen atoms in total. The number of para-hydroxylation sites is 3. The van der Waals surface area contributed by atoms with Crippen molar-refractivity contribution in [2.24, 2.45) is 0 Å². The van der Waals surface area contributed by atoms with Crippen LogP contribution < -0.4 is 19.4 Å². The molecule has 63 heavy (non-hydrogen) atoms. The minimum absolute atomic E-state index is 0. The average molecular weight is 1000 g/mol. The van der Waals surface area contributed by atoms with E-state index >= 15 is 0 Å². The molecule has 2 aliphatic heterocycles. The molecule has 2 aromatic heterocycles. The first-order valence-electron chi connectivity index (χ1n) is 21.6. The smallest absolute Gasteiger partial charge is 0.135 e. The number of hydrogen-bond acceptors (Lipinski definition) is 5. The van der Waals surface area contributed by atoms with Crippen molar-refractivity contribution < 1.29 is 25.8 Å². The summed E-state index contributed by atoms with van der Waals surface area (Å²) >= 11 is 0. The Labute approximate surface area is 385 Å². The van der Waals surface area contributed by atoms with E-state index in [0.717, 1.165) is 68.4 Å². The molecule has 0 saturated carbocycles. The van der Waals surface area contributed by atoms with Gasteiger partial charge < -0.3 is 24.0 Å². The van der Waals surface area contributed by atoms with Crippen molar-refractivity contribution >= 4 is 45.4 Å². The quantitative estimate of drug-likeness (QED) is 0.149. The number of anilines is 5. The van der Waals surface area contributed by atoms with Gasteiger partial charge in [0.15, 0.2) is 0 Å². The summed E-state index contributed by atoms with van der Waals surface area (Å²) in [6, 6.07) is 56.8. The second kappa shape index (κ2) is 15.5. The number of nitrogens with zero attached hydrogens (tertiary/aromatic N) is 5. The second-order valence-electron chi connectivity index (χ2n) is 18.5. The summed E-state index contributed by atoms with van der Waals surface area (Å²) < 4.78 is 9.18. The number of rotatable bonds is 7. The van der Waals surface area contributed by atoms with Crippen molar-refractivity contribution in [2.45, 2.75) is 65.0 Å². The Balaban J connectivity index is 0.00000471. The summed E-state index contributed by atoms with van der Waals surface area (Å²) in [5.74, 6) is 2.14. The number of ether oxygens (including phenoxy) is 1. The van der Waals surface area contributed by atoms with E-state index in [1.807, 2.05) is 18.3 Å². The zero-order chi connectivity index (χ0) is 42.3. The maximum Gasteiger partial charge on any atom is 0.135 e. The van der Waals surface area contributed by atoms with Crippen molar-refractivity contribution in [3.8, 4) is 39.6 Å². The molecule has 0 bridgehead atoms. The molecule has 0 fully saturated rings. The van der Waals surface area contributed by atoms with Crippen LogP contribution in [-0.2, 0) is 26.5 Å². The van der Waals surface area contributed by atoms with Crippen LogP contribution in [0.4, 0.5) is 28.4 Å². The maximum atomic E-state index is 6.89. The molecule has 0 N–H and O–H groups in total. The zero-order valence-corrected chi connectivity index (χ0v) is 38.6. The Morgan fingerprint density at radius 1 is 0.667 bits per heavy atom. The van der Waals surface area contributed by atoms with Crippen molar-refractivity contribution in [2.75, 3.05) is 14.7 Å². The number of benzene rings is 6. The van der Waals surface area contributed by atoms with Gasteiger partial charge in [0.1, 0.15) is 5.82 Å². The van der Waals surface area contributed by atoms with Crippen molar-refractivity contribution in [3.05, 3.63) is 187 Å². The van der Waals surface area contributed by atoms with E-state index in [-0.39, 0.29) is 38.1 Å². The topological polar surface area (TPSA) is 36.8 Å². The van der Waals surface area contributed by atoms with Gasteiger partial charge in [0.2, 0.25) is 0 Å². The van der Waals surface area contributed by atoms with Gasteiger partial charge in [-0.1, -0.05) is 134 Å². The first-order valence-corrected chi connectivity index (χ1v) is 21.6. The Bertz CT molecular complexity index is 2990. The Morgan fingerprint density at radius 3 is 1.98 bits per heavy atom. The second-order valence-corrected chi connectivity index (χ2v) is 18.5. The molecule has 1 aliphatic carbocycles. The van der Waals surface area contributed by atoms with Crippen molar-refractivity contribution in [3.63, 3.8) is 0 Å². The van der Waals surface area contributed by atoms with Crippen LogP contribution in [0.15, 0.2) is 152 Å². The number of aromatic nitrogens is 2. The van der Waals surface area contributed by atoms with Crippen LogP contribution >= 0.6 is 0 Å². The number of pyridine rings is 1. The van der Waals surface area contributed by atoms with Gasteiger partial charge in [0.05, 0.1) is 0 Å². The van der Waals surface area contributed by atoms with Crippen LogP contribution in [0, 0.1) is 18.8 Å². The van der Waals surface area contributed by atoms with Gasteiger partial charge in [0, 0.05) is 84.2 Å². The minimum atomic E-state index is -0.129. The summed E-state index contributed by atoms with van der Waals surface area (Å²) in [6.45, 7) is 15.8. The van der Waals surface area contributed by atoms with E-state index in [0.29, 0.717) is 11.5 Å². The van der Waals surface area contributed by atoms with Crippen LogP contribution in [0.3, 0.4) is 0 Å². The van der Waals surface area contributed by atoms with Gasteiger partial charge in [-0.3, -0.25) is 0 Å². The zero-order valence-electron chi connectivity index (χ0n) is 36.3.